The second-order valence-corrected chi connectivity index (χ2v) is 10.00. The van der Waals surface area contributed by atoms with Crippen LogP contribution >= 0.6 is 0 Å². The Kier molecular flexibility index (Phi) is 6.86. The number of alkyl halides is 3. The van der Waals surface area contributed by atoms with Gasteiger partial charge >= 0.3 is 6.18 Å². The first-order valence-electron chi connectivity index (χ1n) is 11.4. The Hall–Kier alpha value is -0.250. The molecule has 158 valence electrons. The van der Waals surface area contributed by atoms with Gasteiger partial charge < -0.3 is 4.74 Å². The lowest BCUT2D eigenvalue weighted by atomic mass is 9.50. The fraction of sp³-hybridized carbons (Fsp3) is 1.00. The molecule has 1 nitrogen and oxygen atoms in total. The molecule has 0 aliphatic heterocycles. The zero-order valence-electron chi connectivity index (χ0n) is 17.5. The number of fused-ring (bicyclic) bond motifs is 3. The van der Waals surface area contributed by atoms with Crippen LogP contribution < -0.4 is 0 Å². The van der Waals surface area contributed by atoms with Crippen LogP contribution in [0.1, 0.15) is 84.5 Å². The molecule has 3 aliphatic rings. The highest BCUT2D eigenvalue weighted by Crippen LogP contribution is 2.64. The Morgan fingerprint density at radius 2 is 1.78 bits per heavy atom. The lowest BCUT2D eigenvalue weighted by Crippen LogP contribution is -2.47. The molecule has 0 spiro atoms. The summed E-state index contributed by atoms with van der Waals surface area (Å²) in [5, 5.41) is 0. The predicted molar refractivity (Wildman–Crippen MR) is 103 cm³/mol. The van der Waals surface area contributed by atoms with E-state index in [9.17, 15) is 13.2 Å². The summed E-state index contributed by atoms with van der Waals surface area (Å²) in [6, 6.07) is 0. The Morgan fingerprint density at radius 1 is 1.00 bits per heavy atom. The zero-order valence-corrected chi connectivity index (χ0v) is 17.5. The number of rotatable bonds is 7. The monoisotopic (exact) mass is 388 g/mol. The average molecular weight is 389 g/mol. The van der Waals surface area contributed by atoms with E-state index in [0.29, 0.717) is 23.2 Å². The van der Waals surface area contributed by atoms with Gasteiger partial charge in [0.25, 0.3) is 0 Å². The minimum atomic E-state index is -4.01. The highest BCUT2D eigenvalue weighted by molar-refractivity contribution is 5.05. The molecule has 0 bridgehead atoms. The number of hydrogen-bond donors (Lipinski definition) is 0. The third-order valence-corrected chi connectivity index (χ3v) is 8.73. The number of halogens is 3. The molecule has 0 saturated heterocycles. The van der Waals surface area contributed by atoms with Crippen LogP contribution in [0.3, 0.4) is 0 Å². The van der Waals surface area contributed by atoms with E-state index in [4.69, 9.17) is 4.74 Å². The van der Waals surface area contributed by atoms with Crippen LogP contribution in [0.2, 0.25) is 0 Å². The van der Waals surface area contributed by atoms with Crippen LogP contribution in [0.15, 0.2) is 0 Å². The van der Waals surface area contributed by atoms with Crippen LogP contribution in [0, 0.1) is 40.9 Å². The predicted octanol–water partition coefficient (Wildman–Crippen LogP) is 7.25. The van der Waals surface area contributed by atoms with Crippen LogP contribution in [-0.2, 0) is 4.74 Å². The maximum absolute atomic E-state index is 13.1. The van der Waals surface area contributed by atoms with Crippen LogP contribution in [0.25, 0.3) is 0 Å². The van der Waals surface area contributed by atoms with Crippen molar-refractivity contribution in [3.8, 4) is 0 Å². The molecule has 0 N–H and O–H groups in total. The maximum atomic E-state index is 13.1. The van der Waals surface area contributed by atoms with Crippen molar-refractivity contribution in [1.29, 1.82) is 0 Å². The van der Waals surface area contributed by atoms with Gasteiger partial charge in [-0.15, -0.1) is 0 Å². The van der Waals surface area contributed by atoms with Crippen LogP contribution in [0.4, 0.5) is 13.2 Å². The standard InChI is InChI=1S/C23H39F3O/c1-4-6-18-16(15-23(24,25)26)8-10-20-19(18)12-13-22(2)17(7-5-14-27-3)9-11-21(20)22/h16-21H,4-15H2,1-3H3. The van der Waals surface area contributed by atoms with Gasteiger partial charge in [-0.25, -0.2) is 0 Å². The summed E-state index contributed by atoms with van der Waals surface area (Å²) in [5.41, 5.74) is 0.419. The molecule has 3 fully saturated rings. The lowest BCUT2D eigenvalue weighted by Gasteiger charge is -2.55. The number of methoxy groups -OCH3 is 1. The summed E-state index contributed by atoms with van der Waals surface area (Å²) in [6.07, 6.45) is 6.70. The summed E-state index contributed by atoms with van der Waals surface area (Å²) in [5.74, 6) is 2.92. The van der Waals surface area contributed by atoms with Crippen molar-refractivity contribution < 1.29 is 17.9 Å². The summed E-state index contributed by atoms with van der Waals surface area (Å²) in [4.78, 5) is 0. The quantitative estimate of drug-likeness (QED) is 0.417. The van der Waals surface area contributed by atoms with Crippen molar-refractivity contribution in [1.82, 2.24) is 0 Å². The van der Waals surface area contributed by atoms with E-state index in [1.165, 1.54) is 25.7 Å². The smallest absolute Gasteiger partial charge is 0.385 e. The Labute approximate surface area is 163 Å². The fourth-order valence-electron chi connectivity index (χ4n) is 7.62. The fourth-order valence-corrected chi connectivity index (χ4v) is 7.62. The van der Waals surface area contributed by atoms with E-state index in [1.807, 2.05) is 0 Å². The minimum absolute atomic E-state index is 0.130. The maximum Gasteiger partial charge on any atom is 0.389 e. The lowest BCUT2D eigenvalue weighted by molar-refractivity contribution is -0.161. The first kappa shape index (κ1) is 21.5. The number of ether oxygens (including phenoxy) is 1. The van der Waals surface area contributed by atoms with Gasteiger partial charge in [-0.05, 0) is 92.3 Å². The number of hydrogen-bond acceptors (Lipinski definition) is 1. The Balaban J connectivity index is 1.71. The van der Waals surface area contributed by atoms with Crippen LogP contribution in [0.5, 0.6) is 0 Å². The van der Waals surface area contributed by atoms with Gasteiger partial charge in [-0.3, -0.25) is 0 Å². The molecule has 7 atom stereocenters. The highest BCUT2D eigenvalue weighted by atomic mass is 19.4. The Morgan fingerprint density at radius 3 is 2.44 bits per heavy atom. The normalized spacial score (nSPS) is 42.0. The van der Waals surface area contributed by atoms with E-state index in [-0.39, 0.29) is 5.92 Å². The average Bonchev–Trinajstić information content (AvgIpc) is 2.93. The van der Waals surface area contributed by atoms with Crippen molar-refractivity contribution in [3.63, 3.8) is 0 Å². The Bertz CT molecular complexity index is 477. The second-order valence-electron chi connectivity index (χ2n) is 10.00. The summed E-state index contributed by atoms with van der Waals surface area (Å²) in [6.45, 7) is 5.50. The molecule has 3 saturated carbocycles. The van der Waals surface area contributed by atoms with Crippen molar-refractivity contribution >= 4 is 0 Å². The summed E-state index contributed by atoms with van der Waals surface area (Å²) < 4.78 is 44.7. The van der Waals surface area contributed by atoms with E-state index in [2.05, 4.69) is 13.8 Å². The first-order valence-corrected chi connectivity index (χ1v) is 11.4. The third-order valence-electron chi connectivity index (χ3n) is 8.73. The van der Waals surface area contributed by atoms with E-state index in [1.54, 1.807) is 7.11 Å². The van der Waals surface area contributed by atoms with E-state index in [0.717, 1.165) is 57.0 Å². The highest BCUT2D eigenvalue weighted by Gasteiger charge is 2.56. The molecule has 3 aliphatic carbocycles. The van der Waals surface area contributed by atoms with Gasteiger partial charge in [0.15, 0.2) is 0 Å². The van der Waals surface area contributed by atoms with Gasteiger partial charge in [-0.1, -0.05) is 26.7 Å². The topological polar surface area (TPSA) is 9.23 Å². The molecule has 0 amide bonds. The zero-order chi connectivity index (χ0) is 19.7. The molecular formula is C23H39F3O. The summed E-state index contributed by atoms with van der Waals surface area (Å²) in [7, 11) is 1.78. The van der Waals surface area contributed by atoms with E-state index < -0.39 is 12.6 Å². The minimum Gasteiger partial charge on any atom is -0.385 e. The largest absolute Gasteiger partial charge is 0.389 e. The second kappa shape index (κ2) is 8.63. The van der Waals surface area contributed by atoms with Crippen molar-refractivity contribution in [2.75, 3.05) is 13.7 Å². The van der Waals surface area contributed by atoms with Gasteiger partial charge in [0.2, 0.25) is 0 Å². The van der Waals surface area contributed by atoms with Gasteiger partial charge in [0.1, 0.15) is 0 Å². The molecule has 0 aromatic rings. The van der Waals surface area contributed by atoms with Gasteiger partial charge in [0.05, 0.1) is 0 Å². The molecule has 3 rings (SSSR count). The van der Waals surface area contributed by atoms with Crippen molar-refractivity contribution in [2.24, 2.45) is 40.9 Å². The first-order chi connectivity index (χ1) is 12.8. The molecule has 4 heteroatoms. The van der Waals surface area contributed by atoms with Gasteiger partial charge in [0, 0.05) is 20.1 Å². The SMILES string of the molecule is CCCC1C(CC(F)(F)F)CCC2C1CCC1(C)C(CCCOC)CCC21. The van der Waals surface area contributed by atoms with Crippen LogP contribution in [-0.4, -0.2) is 19.9 Å². The molecule has 0 aromatic carbocycles. The van der Waals surface area contributed by atoms with Crippen molar-refractivity contribution in [2.45, 2.75) is 90.7 Å². The van der Waals surface area contributed by atoms with E-state index >= 15 is 0 Å². The molecule has 0 radical (unpaired) electrons. The van der Waals surface area contributed by atoms with Crippen molar-refractivity contribution in [3.05, 3.63) is 0 Å². The van der Waals surface area contributed by atoms with Gasteiger partial charge in [-0.2, -0.15) is 13.2 Å². The summed E-state index contributed by atoms with van der Waals surface area (Å²) >= 11 is 0. The molecule has 0 aromatic heterocycles. The molecular weight excluding hydrogens is 349 g/mol. The molecule has 0 heterocycles. The third kappa shape index (κ3) is 4.51. The molecule has 27 heavy (non-hydrogen) atoms. The molecule has 7 unspecified atom stereocenters.